The molecule has 30 heavy (non-hydrogen) atoms. The average Bonchev–Trinajstić information content (AvgIpc) is 2.94. The van der Waals surface area contributed by atoms with Crippen LogP contribution in [-0.2, 0) is 16.0 Å². The van der Waals surface area contributed by atoms with Crippen molar-refractivity contribution in [3.8, 4) is 5.75 Å². The molecule has 156 valence electrons. The number of halogens is 3. The molecule has 4 rings (SSSR count). The summed E-state index contributed by atoms with van der Waals surface area (Å²) >= 11 is 0. The molecule has 1 heterocycles. The molecule has 2 aromatic carbocycles. The molecule has 5 nitrogen and oxygen atoms in total. The first-order chi connectivity index (χ1) is 14.3. The lowest BCUT2D eigenvalue weighted by molar-refractivity contribution is -0.152. The Labute approximate surface area is 169 Å². The topological polar surface area (TPSA) is 68.5 Å². The summed E-state index contributed by atoms with van der Waals surface area (Å²) in [6, 6.07) is 5.70. The molecule has 1 aliphatic rings. The highest BCUT2D eigenvalue weighted by atomic mass is 19.1. The quantitative estimate of drug-likeness (QED) is 0.639. The molecule has 0 radical (unpaired) electrons. The van der Waals surface area contributed by atoms with Crippen LogP contribution in [0.5, 0.6) is 5.75 Å². The van der Waals surface area contributed by atoms with Crippen molar-refractivity contribution in [1.82, 2.24) is 4.57 Å². The Hall–Kier alpha value is -3.29. The van der Waals surface area contributed by atoms with Gasteiger partial charge in [-0.15, -0.1) is 0 Å². The van der Waals surface area contributed by atoms with Gasteiger partial charge in [0.15, 0.2) is 17.4 Å². The highest BCUT2D eigenvalue weighted by molar-refractivity contribution is 6.05. The van der Waals surface area contributed by atoms with Gasteiger partial charge in [0.1, 0.15) is 11.9 Å². The minimum atomic E-state index is -1.27. The molecule has 1 aliphatic carbocycles. The highest BCUT2D eigenvalue weighted by Gasteiger charge is 2.29. The zero-order chi connectivity index (χ0) is 21.6. The van der Waals surface area contributed by atoms with Crippen LogP contribution in [0.25, 0.3) is 10.9 Å². The molecule has 0 unspecified atom stereocenters. The van der Waals surface area contributed by atoms with Gasteiger partial charge in [-0.05, 0) is 49.9 Å². The molecule has 0 saturated heterocycles. The van der Waals surface area contributed by atoms with Crippen LogP contribution in [0.3, 0.4) is 0 Å². The normalized spacial score (nSPS) is 14.0. The number of phenolic OH excluding ortho intramolecular Hbond substituents is 1. The molecule has 0 amide bonds. The first-order valence-electron chi connectivity index (χ1n) is 9.48. The van der Waals surface area contributed by atoms with Crippen LogP contribution in [0, 0.1) is 24.4 Å². The number of rotatable bonds is 4. The van der Waals surface area contributed by atoms with Gasteiger partial charge in [0.25, 0.3) is 5.91 Å². The van der Waals surface area contributed by atoms with E-state index in [4.69, 9.17) is 4.74 Å². The Morgan fingerprint density at radius 2 is 1.93 bits per heavy atom. The molecular weight excluding hydrogens is 399 g/mol. The third kappa shape index (κ3) is 3.32. The van der Waals surface area contributed by atoms with E-state index in [-0.39, 0.29) is 40.2 Å². The number of hydrogen-bond donors (Lipinski definition) is 1. The number of nitrogens with zero attached hydrogens (tertiary/aromatic N) is 1. The second-order valence-electron chi connectivity index (χ2n) is 7.35. The Kier molecular flexibility index (Phi) is 5.01. The van der Waals surface area contributed by atoms with Crippen LogP contribution in [-0.4, -0.2) is 27.7 Å². The first-order valence-corrected chi connectivity index (χ1v) is 9.48. The third-order valence-electron chi connectivity index (χ3n) is 5.43. The third-order valence-corrected chi connectivity index (χ3v) is 5.43. The van der Waals surface area contributed by atoms with Gasteiger partial charge in [-0.2, -0.15) is 0 Å². The second-order valence-corrected chi connectivity index (χ2v) is 7.35. The average molecular weight is 417 g/mol. The predicted molar refractivity (Wildman–Crippen MR) is 102 cm³/mol. The Morgan fingerprint density at radius 1 is 1.20 bits per heavy atom. The number of fused-ring (bicyclic) bond motifs is 1. The second kappa shape index (κ2) is 7.51. The highest BCUT2D eigenvalue weighted by Crippen LogP contribution is 2.36. The maximum absolute atomic E-state index is 14.8. The van der Waals surface area contributed by atoms with Crippen molar-refractivity contribution in [2.24, 2.45) is 0 Å². The van der Waals surface area contributed by atoms with Crippen LogP contribution in [0.4, 0.5) is 13.2 Å². The van der Waals surface area contributed by atoms with Gasteiger partial charge >= 0.3 is 5.97 Å². The summed E-state index contributed by atoms with van der Waals surface area (Å²) in [5, 5.41) is 9.49. The molecule has 3 aromatic rings. The minimum Gasteiger partial charge on any atom is -0.503 e. The van der Waals surface area contributed by atoms with E-state index in [0.717, 1.165) is 42.0 Å². The summed E-state index contributed by atoms with van der Waals surface area (Å²) in [5.41, 5.74) is 0.0779. The Balaban J connectivity index is 1.86. The van der Waals surface area contributed by atoms with Gasteiger partial charge in [0.2, 0.25) is 0 Å². The summed E-state index contributed by atoms with van der Waals surface area (Å²) in [6.45, 7) is 1.47. The number of ether oxygens (including phenoxy) is 1. The largest absolute Gasteiger partial charge is 0.503 e. The van der Waals surface area contributed by atoms with Gasteiger partial charge in [0.05, 0.1) is 11.9 Å². The molecule has 8 heteroatoms. The van der Waals surface area contributed by atoms with Crippen LogP contribution in [0.1, 0.15) is 40.9 Å². The number of phenols is 1. The number of aromatic hydroxyl groups is 1. The van der Waals surface area contributed by atoms with Crippen LogP contribution >= 0.6 is 0 Å². The Bertz CT molecular complexity index is 1180. The summed E-state index contributed by atoms with van der Waals surface area (Å²) in [6.07, 6.45) is 1.93. The van der Waals surface area contributed by atoms with E-state index in [2.05, 4.69) is 0 Å². The van der Waals surface area contributed by atoms with Gasteiger partial charge in [-0.1, -0.05) is 6.07 Å². The van der Waals surface area contributed by atoms with Crippen molar-refractivity contribution < 1.29 is 32.6 Å². The number of carbonyl (C=O) groups is 2. The van der Waals surface area contributed by atoms with E-state index >= 15 is 0 Å². The number of esters is 1. The molecule has 1 fully saturated rings. The summed E-state index contributed by atoms with van der Waals surface area (Å²) in [4.78, 5) is 25.4. The number of carbonyl (C=O) groups excluding carboxylic acids is 2. The number of aromatic nitrogens is 1. The molecule has 1 aromatic heterocycles. The molecule has 1 N–H and O–H groups in total. The summed E-state index contributed by atoms with van der Waals surface area (Å²) in [7, 11) is 0. The van der Waals surface area contributed by atoms with E-state index in [9.17, 15) is 27.9 Å². The predicted octanol–water partition coefficient (Wildman–Crippen LogP) is 4.40. The fourth-order valence-electron chi connectivity index (χ4n) is 3.65. The molecule has 0 bridgehead atoms. The number of hydrogen-bond acceptors (Lipinski definition) is 4. The zero-order valence-corrected chi connectivity index (χ0v) is 16.0. The van der Waals surface area contributed by atoms with Crippen molar-refractivity contribution in [3.63, 3.8) is 0 Å². The first kappa shape index (κ1) is 20.0. The van der Waals surface area contributed by atoms with Crippen LogP contribution in [0.15, 0.2) is 30.3 Å². The lowest BCUT2D eigenvalue weighted by Gasteiger charge is -2.25. The van der Waals surface area contributed by atoms with E-state index in [1.807, 2.05) is 0 Å². The lowest BCUT2D eigenvalue weighted by Crippen LogP contribution is -2.26. The van der Waals surface area contributed by atoms with Gasteiger partial charge < -0.3 is 9.84 Å². The SMILES string of the molecule is Cc1c(CC(=O)OC2CCC2)c2c(F)c(O)c(F)cc2n1C(=O)c1cccc(F)c1. The maximum atomic E-state index is 14.8. The molecule has 0 spiro atoms. The maximum Gasteiger partial charge on any atom is 0.310 e. The van der Waals surface area contributed by atoms with Crippen molar-refractivity contribution in [2.75, 3.05) is 0 Å². The fraction of sp³-hybridized carbons (Fsp3) is 0.273. The van der Waals surface area contributed by atoms with Crippen molar-refractivity contribution in [2.45, 2.75) is 38.7 Å². The fourth-order valence-corrected chi connectivity index (χ4v) is 3.65. The van der Waals surface area contributed by atoms with Gasteiger partial charge in [0, 0.05) is 22.7 Å². The zero-order valence-electron chi connectivity index (χ0n) is 16.0. The molecule has 1 saturated carbocycles. The van der Waals surface area contributed by atoms with Gasteiger partial charge in [-0.25, -0.2) is 13.2 Å². The molecule has 0 atom stereocenters. The molecular formula is C22H18F3NO4. The van der Waals surface area contributed by atoms with Crippen LogP contribution < -0.4 is 0 Å². The monoisotopic (exact) mass is 417 g/mol. The smallest absolute Gasteiger partial charge is 0.310 e. The van der Waals surface area contributed by atoms with E-state index in [0.29, 0.717) is 0 Å². The van der Waals surface area contributed by atoms with E-state index < -0.39 is 35.1 Å². The van der Waals surface area contributed by atoms with Crippen LogP contribution in [0.2, 0.25) is 0 Å². The van der Waals surface area contributed by atoms with Crippen molar-refractivity contribution in [1.29, 1.82) is 0 Å². The summed E-state index contributed by atoms with van der Waals surface area (Å²) < 4.78 is 48.8. The van der Waals surface area contributed by atoms with E-state index in [1.165, 1.54) is 19.1 Å². The van der Waals surface area contributed by atoms with E-state index in [1.54, 1.807) is 0 Å². The Morgan fingerprint density at radius 3 is 2.57 bits per heavy atom. The minimum absolute atomic E-state index is 0.0347. The van der Waals surface area contributed by atoms with Gasteiger partial charge in [-0.3, -0.25) is 14.2 Å². The lowest BCUT2D eigenvalue weighted by atomic mass is 9.96. The summed E-state index contributed by atoms with van der Waals surface area (Å²) in [5.74, 6) is -5.70. The standard InChI is InChI=1S/C22H18F3NO4/c1-11-15(9-18(27)30-14-6-3-7-14)19-17(10-16(24)21(28)20(19)25)26(11)22(29)12-4-2-5-13(23)8-12/h2,4-5,8,10,14,28H,3,6-7,9H2,1H3. The van der Waals surface area contributed by atoms with Crippen molar-refractivity contribution >= 4 is 22.8 Å². The number of benzene rings is 2. The van der Waals surface area contributed by atoms with Crippen molar-refractivity contribution in [3.05, 3.63) is 64.6 Å². The molecule has 0 aliphatic heterocycles.